The van der Waals surface area contributed by atoms with E-state index < -0.39 is 0 Å². The molecule has 2 heterocycles. The quantitative estimate of drug-likeness (QED) is 0.740. The molecule has 2 rings (SSSR count). The van der Waals surface area contributed by atoms with Crippen molar-refractivity contribution in [1.82, 2.24) is 15.2 Å². The lowest BCUT2D eigenvalue weighted by Gasteiger charge is -2.37. The van der Waals surface area contributed by atoms with Crippen molar-refractivity contribution in [1.29, 1.82) is 0 Å². The van der Waals surface area contributed by atoms with Crippen LogP contribution in [0.3, 0.4) is 0 Å². The summed E-state index contributed by atoms with van der Waals surface area (Å²) in [5, 5.41) is 2.40. The first-order valence-corrected chi connectivity index (χ1v) is 7.02. The average Bonchev–Trinajstić information content (AvgIpc) is 2.95. The number of hydrogen-bond acceptors (Lipinski definition) is 4. The van der Waals surface area contributed by atoms with Crippen molar-refractivity contribution in [3.8, 4) is 0 Å². The van der Waals surface area contributed by atoms with Gasteiger partial charge in [0.2, 0.25) is 5.91 Å². The molecule has 1 saturated heterocycles. The van der Waals surface area contributed by atoms with Gasteiger partial charge in [-0.05, 0) is 44.4 Å². The fourth-order valence-electron chi connectivity index (χ4n) is 2.56. The molecular formula is C14H22N4O2. The summed E-state index contributed by atoms with van der Waals surface area (Å²) in [6, 6.07) is 3.71. The fourth-order valence-corrected chi connectivity index (χ4v) is 2.56. The first-order valence-electron chi connectivity index (χ1n) is 7.02. The van der Waals surface area contributed by atoms with E-state index in [-0.39, 0.29) is 18.4 Å². The first kappa shape index (κ1) is 14.7. The highest BCUT2D eigenvalue weighted by atomic mass is 16.2. The zero-order chi connectivity index (χ0) is 14.5. The highest BCUT2D eigenvalue weighted by Gasteiger charge is 2.26. The summed E-state index contributed by atoms with van der Waals surface area (Å²) >= 11 is 0. The normalized spacial score (nSPS) is 23.5. The molecule has 0 radical (unpaired) electrons. The summed E-state index contributed by atoms with van der Waals surface area (Å²) in [5.74, 6) is -0.215. The molecule has 4 N–H and O–H groups in total. The van der Waals surface area contributed by atoms with Crippen LogP contribution in [0.2, 0.25) is 0 Å². The van der Waals surface area contributed by atoms with Gasteiger partial charge >= 0.3 is 0 Å². The molecule has 0 saturated carbocycles. The number of imide groups is 1. The third kappa shape index (κ3) is 3.68. The number of carbonyl (C=O) groups is 2. The van der Waals surface area contributed by atoms with Crippen molar-refractivity contribution in [2.75, 3.05) is 19.6 Å². The second-order valence-corrected chi connectivity index (χ2v) is 5.42. The van der Waals surface area contributed by atoms with Crippen molar-refractivity contribution in [2.24, 2.45) is 11.7 Å². The van der Waals surface area contributed by atoms with Crippen LogP contribution in [-0.2, 0) is 4.79 Å². The van der Waals surface area contributed by atoms with Gasteiger partial charge in [-0.25, -0.2) is 0 Å². The molecule has 0 aliphatic carbocycles. The second kappa shape index (κ2) is 6.67. The van der Waals surface area contributed by atoms with Crippen molar-refractivity contribution in [2.45, 2.75) is 25.8 Å². The SMILES string of the molecule is CC1CCC(CN)CN1CC(=O)NC(=O)c1ccc[nH]1. The molecule has 0 aromatic carbocycles. The molecule has 2 unspecified atom stereocenters. The topological polar surface area (TPSA) is 91.2 Å². The van der Waals surface area contributed by atoms with E-state index in [0.29, 0.717) is 24.2 Å². The van der Waals surface area contributed by atoms with Crippen molar-refractivity contribution in [3.63, 3.8) is 0 Å². The number of rotatable bonds is 4. The van der Waals surface area contributed by atoms with Crippen molar-refractivity contribution < 1.29 is 9.59 Å². The molecule has 1 aromatic rings. The van der Waals surface area contributed by atoms with E-state index in [2.05, 4.69) is 22.1 Å². The molecule has 0 bridgehead atoms. The Labute approximate surface area is 118 Å². The lowest BCUT2D eigenvalue weighted by atomic mass is 9.93. The molecule has 1 aliphatic rings. The van der Waals surface area contributed by atoms with Gasteiger partial charge in [0, 0.05) is 18.8 Å². The summed E-state index contributed by atoms with van der Waals surface area (Å²) in [6.07, 6.45) is 3.80. The molecular weight excluding hydrogens is 256 g/mol. The van der Waals surface area contributed by atoms with Gasteiger partial charge in [0.05, 0.1) is 6.54 Å². The number of nitrogens with two attached hydrogens (primary N) is 1. The molecule has 0 spiro atoms. The summed E-state index contributed by atoms with van der Waals surface area (Å²) in [7, 11) is 0. The van der Waals surface area contributed by atoms with Gasteiger partial charge in [-0.2, -0.15) is 0 Å². The molecule has 1 fully saturated rings. The monoisotopic (exact) mass is 278 g/mol. The molecule has 1 aliphatic heterocycles. The van der Waals surface area contributed by atoms with Crippen molar-refractivity contribution in [3.05, 3.63) is 24.0 Å². The number of aromatic nitrogens is 1. The number of likely N-dealkylation sites (tertiary alicyclic amines) is 1. The summed E-state index contributed by atoms with van der Waals surface area (Å²) < 4.78 is 0. The maximum Gasteiger partial charge on any atom is 0.274 e. The molecule has 110 valence electrons. The number of hydrogen-bond donors (Lipinski definition) is 3. The molecule has 6 heteroatoms. The first-order chi connectivity index (χ1) is 9.60. The maximum atomic E-state index is 11.9. The van der Waals surface area contributed by atoms with E-state index >= 15 is 0 Å². The van der Waals surface area contributed by atoms with Crippen LogP contribution >= 0.6 is 0 Å². The Morgan fingerprint density at radius 1 is 1.50 bits per heavy atom. The molecule has 1 aromatic heterocycles. The number of aromatic amines is 1. The summed E-state index contributed by atoms with van der Waals surface area (Å²) in [5.41, 5.74) is 6.09. The highest BCUT2D eigenvalue weighted by Crippen LogP contribution is 2.20. The van der Waals surface area contributed by atoms with Gasteiger partial charge in [-0.3, -0.25) is 19.8 Å². The van der Waals surface area contributed by atoms with Crippen LogP contribution < -0.4 is 11.1 Å². The van der Waals surface area contributed by atoms with E-state index in [9.17, 15) is 9.59 Å². The second-order valence-electron chi connectivity index (χ2n) is 5.42. The molecule has 2 atom stereocenters. The van der Waals surface area contributed by atoms with Crippen LogP contribution in [0, 0.1) is 5.92 Å². The van der Waals surface area contributed by atoms with Gasteiger partial charge in [0.15, 0.2) is 0 Å². The van der Waals surface area contributed by atoms with Crippen LogP contribution in [0.25, 0.3) is 0 Å². The van der Waals surface area contributed by atoms with Crippen LogP contribution in [0.1, 0.15) is 30.3 Å². The zero-order valence-corrected chi connectivity index (χ0v) is 11.8. The number of nitrogens with one attached hydrogen (secondary N) is 2. The van der Waals surface area contributed by atoms with Crippen LogP contribution in [0.4, 0.5) is 0 Å². The van der Waals surface area contributed by atoms with Gasteiger partial charge in [0.25, 0.3) is 5.91 Å². The van der Waals surface area contributed by atoms with Gasteiger partial charge < -0.3 is 10.7 Å². The smallest absolute Gasteiger partial charge is 0.274 e. The fraction of sp³-hybridized carbons (Fsp3) is 0.571. The number of amides is 2. The van der Waals surface area contributed by atoms with E-state index in [4.69, 9.17) is 5.73 Å². The lowest BCUT2D eigenvalue weighted by molar-refractivity contribution is -0.122. The largest absolute Gasteiger partial charge is 0.357 e. The van der Waals surface area contributed by atoms with E-state index in [0.717, 1.165) is 19.4 Å². The third-order valence-corrected chi connectivity index (χ3v) is 3.88. The average molecular weight is 278 g/mol. The summed E-state index contributed by atoms with van der Waals surface area (Å²) in [4.78, 5) is 28.6. The van der Waals surface area contributed by atoms with Gasteiger partial charge in [-0.1, -0.05) is 0 Å². The highest BCUT2D eigenvalue weighted by molar-refractivity contribution is 6.04. The number of carbonyl (C=O) groups excluding carboxylic acids is 2. The molecule has 6 nitrogen and oxygen atoms in total. The maximum absolute atomic E-state index is 11.9. The zero-order valence-electron chi connectivity index (χ0n) is 11.8. The van der Waals surface area contributed by atoms with E-state index in [1.807, 2.05) is 0 Å². The Balaban J connectivity index is 1.85. The van der Waals surface area contributed by atoms with Crippen LogP contribution in [-0.4, -0.2) is 47.4 Å². The Morgan fingerprint density at radius 2 is 2.30 bits per heavy atom. The standard InChI is InChI=1S/C14H22N4O2/c1-10-4-5-11(7-15)8-18(10)9-13(19)17-14(20)12-3-2-6-16-12/h2-3,6,10-11,16H,4-5,7-9,15H2,1H3,(H,17,19,20). The summed E-state index contributed by atoms with van der Waals surface area (Å²) in [6.45, 7) is 3.81. The predicted octanol–water partition coefficient (Wildman–Crippen LogP) is 0.330. The molecule has 2 amide bonds. The molecule has 20 heavy (non-hydrogen) atoms. The minimum atomic E-state index is -0.389. The van der Waals surface area contributed by atoms with Crippen LogP contribution in [0.5, 0.6) is 0 Å². The minimum absolute atomic E-state index is 0.240. The van der Waals surface area contributed by atoms with E-state index in [1.54, 1.807) is 18.3 Å². The van der Waals surface area contributed by atoms with Crippen LogP contribution in [0.15, 0.2) is 18.3 Å². The predicted molar refractivity (Wildman–Crippen MR) is 76.1 cm³/mol. The Bertz CT molecular complexity index is 458. The van der Waals surface area contributed by atoms with Gasteiger partial charge in [0.1, 0.15) is 5.69 Å². The number of H-pyrrole nitrogens is 1. The van der Waals surface area contributed by atoms with E-state index in [1.165, 1.54) is 0 Å². The number of nitrogens with zero attached hydrogens (tertiary/aromatic N) is 1. The third-order valence-electron chi connectivity index (χ3n) is 3.88. The Hall–Kier alpha value is -1.66. The minimum Gasteiger partial charge on any atom is -0.357 e. The van der Waals surface area contributed by atoms with Crippen molar-refractivity contribution >= 4 is 11.8 Å². The Morgan fingerprint density at radius 3 is 2.95 bits per heavy atom. The van der Waals surface area contributed by atoms with Gasteiger partial charge in [-0.15, -0.1) is 0 Å². The lowest BCUT2D eigenvalue weighted by Crippen LogP contribution is -2.49. The number of piperidine rings is 1. The Kier molecular flexibility index (Phi) is 4.92.